The van der Waals surface area contributed by atoms with Crippen LogP contribution in [0.15, 0.2) is 33.1 Å². The molecule has 1 heterocycles. The predicted molar refractivity (Wildman–Crippen MR) is 80.5 cm³/mol. The van der Waals surface area contributed by atoms with Crippen molar-refractivity contribution in [1.82, 2.24) is 0 Å². The van der Waals surface area contributed by atoms with Gasteiger partial charge in [-0.05, 0) is 52.6 Å². The normalized spacial score (nSPS) is 13.3. The highest BCUT2D eigenvalue weighted by Gasteiger charge is 2.15. The van der Waals surface area contributed by atoms with E-state index in [1.807, 2.05) is 25.1 Å². The van der Waals surface area contributed by atoms with Crippen LogP contribution in [-0.2, 0) is 0 Å². The van der Waals surface area contributed by atoms with Crippen LogP contribution in [0.3, 0.4) is 0 Å². The third-order valence-corrected chi connectivity index (χ3v) is 3.54. The molecule has 0 aliphatic heterocycles. The second-order valence-corrected chi connectivity index (χ2v) is 7.02. The number of rotatable bonds is 2. The van der Waals surface area contributed by atoms with Crippen LogP contribution < -0.4 is 0 Å². The molecule has 2 rings (SSSR count). The van der Waals surface area contributed by atoms with Gasteiger partial charge in [0.05, 0.1) is 5.71 Å². The number of hydrogen-bond acceptors (Lipinski definition) is 3. The molecule has 0 aliphatic carbocycles. The molecular formula is C15H19NOS. The fraction of sp³-hybridized carbons (Fsp3) is 0.400. The standard InChI is InChI=1S/C15H19NOS/c1-10-12-8-6-7-9-13(12)17-14(10)11(2)16-18-15(3,4)5/h6-9H,1-5H3/b16-11+. The molecular weight excluding hydrogens is 242 g/mol. The first kappa shape index (κ1) is 13.2. The van der Waals surface area contributed by atoms with Gasteiger partial charge in [-0.2, -0.15) is 0 Å². The SMILES string of the molecule is C/C(=N\SC(C)(C)C)c1oc2ccccc2c1C. The molecule has 1 aromatic heterocycles. The molecule has 3 heteroatoms. The van der Waals surface area contributed by atoms with Gasteiger partial charge < -0.3 is 4.42 Å². The zero-order valence-electron chi connectivity index (χ0n) is 11.6. The summed E-state index contributed by atoms with van der Waals surface area (Å²) in [5, 5.41) is 1.17. The molecule has 0 aliphatic rings. The molecule has 0 bridgehead atoms. The number of para-hydroxylation sites is 1. The lowest BCUT2D eigenvalue weighted by Crippen LogP contribution is -2.06. The van der Waals surface area contributed by atoms with Crippen LogP contribution in [0.2, 0.25) is 0 Å². The number of furan rings is 1. The van der Waals surface area contributed by atoms with Crippen molar-refractivity contribution in [3.05, 3.63) is 35.6 Å². The molecule has 2 nitrogen and oxygen atoms in total. The molecule has 1 aromatic carbocycles. The monoisotopic (exact) mass is 261 g/mol. The summed E-state index contributed by atoms with van der Waals surface area (Å²) < 4.78 is 10.6. The Hall–Kier alpha value is -1.22. The molecule has 0 saturated heterocycles. The van der Waals surface area contributed by atoms with Crippen molar-refractivity contribution >= 4 is 28.6 Å². The largest absolute Gasteiger partial charge is 0.454 e. The minimum absolute atomic E-state index is 0.126. The summed E-state index contributed by atoms with van der Waals surface area (Å²) in [4.78, 5) is 0. The maximum Gasteiger partial charge on any atom is 0.152 e. The van der Waals surface area contributed by atoms with Gasteiger partial charge >= 0.3 is 0 Å². The van der Waals surface area contributed by atoms with Gasteiger partial charge in [-0.3, -0.25) is 0 Å². The fourth-order valence-electron chi connectivity index (χ4n) is 1.77. The van der Waals surface area contributed by atoms with Gasteiger partial charge in [-0.15, -0.1) is 0 Å². The first-order chi connectivity index (χ1) is 8.38. The highest BCUT2D eigenvalue weighted by Crippen LogP contribution is 2.29. The Balaban J connectivity index is 2.39. The number of hydrogen-bond donors (Lipinski definition) is 0. The van der Waals surface area contributed by atoms with Crippen molar-refractivity contribution in [3.63, 3.8) is 0 Å². The van der Waals surface area contributed by atoms with E-state index < -0.39 is 0 Å². The van der Waals surface area contributed by atoms with E-state index in [1.54, 1.807) is 11.9 Å². The zero-order valence-corrected chi connectivity index (χ0v) is 12.4. The Kier molecular flexibility index (Phi) is 3.53. The zero-order chi connectivity index (χ0) is 13.3. The second kappa shape index (κ2) is 4.81. The first-order valence-corrected chi connectivity index (χ1v) is 6.87. The van der Waals surface area contributed by atoms with Crippen LogP contribution in [0.4, 0.5) is 0 Å². The molecule has 96 valence electrons. The maximum atomic E-state index is 5.88. The van der Waals surface area contributed by atoms with E-state index in [2.05, 4.69) is 38.2 Å². The third kappa shape index (κ3) is 2.78. The predicted octanol–water partition coefficient (Wildman–Crippen LogP) is 5.00. The lowest BCUT2D eigenvalue weighted by molar-refractivity contribution is 0.601. The lowest BCUT2D eigenvalue weighted by atomic mass is 10.1. The average molecular weight is 261 g/mol. The molecule has 18 heavy (non-hydrogen) atoms. The first-order valence-electron chi connectivity index (χ1n) is 6.10. The molecule has 0 radical (unpaired) electrons. The van der Waals surface area contributed by atoms with Crippen LogP contribution in [0.1, 0.15) is 39.0 Å². The van der Waals surface area contributed by atoms with Crippen molar-refractivity contribution in [2.45, 2.75) is 39.4 Å². The van der Waals surface area contributed by atoms with Gasteiger partial charge in [0.1, 0.15) is 5.58 Å². The van der Waals surface area contributed by atoms with E-state index in [9.17, 15) is 0 Å². The van der Waals surface area contributed by atoms with Crippen molar-refractivity contribution in [2.75, 3.05) is 0 Å². The fourth-order valence-corrected chi connectivity index (χ4v) is 2.26. The summed E-state index contributed by atoms with van der Waals surface area (Å²) in [5.41, 5.74) is 3.05. The molecule has 2 aromatic rings. The van der Waals surface area contributed by atoms with Gasteiger partial charge in [0.15, 0.2) is 5.76 Å². The van der Waals surface area contributed by atoms with Crippen LogP contribution in [-0.4, -0.2) is 10.5 Å². The molecule has 0 amide bonds. The molecule has 0 fully saturated rings. The minimum atomic E-state index is 0.126. The lowest BCUT2D eigenvalue weighted by Gasteiger charge is -2.13. The van der Waals surface area contributed by atoms with E-state index in [0.29, 0.717) is 0 Å². The van der Waals surface area contributed by atoms with E-state index >= 15 is 0 Å². The molecule has 0 N–H and O–H groups in total. The minimum Gasteiger partial charge on any atom is -0.454 e. The summed E-state index contributed by atoms with van der Waals surface area (Å²) in [6, 6.07) is 8.11. The van der Waals surface area contributed by atoms with Crippen LogP contribution in [0, 0.1) is 6.92 Å². The number of benzene rings is 1. The van der Waals surface area contributed by atoms with Gasteiger partial charge in [-0.1, -0.05) is 18.2 Å². The molecule has 0 saturated carbocycles. The van der Waals surface area contributed by atoms with Crippen molar-refractivity contribution in [1.29, 1.82) is 0 Å². The molecule has 0 unspecified atom stereocenters. The summed E-state index contributed by atoms with van der Waals surface area (Å²) in [7, 11) is 0. The topological polar surface area (TPSA) is 25.5 Å². The van der Waals surface area contributed by atoms with Crippen LogP contribution >= 0.6 is 11.9 Å². The average Bonchev–Trinajstić information content (AvgIpc) is 2.64. The quantitative estimate of drug-likeness (QED) is 0.561. The number of nitrogens with zero attached hydrogens (tertiary/aromatic N) is 1. The van der Waals surface area contributed by atoms with E-state index in [1.165, 1.54) is 10.9 Å². The highest BCUT2D eigenvalue weighted by atomic mass is 32.2. The summed E-state index contributed by atoms with van der Waals surface area (Å²) in [5.74, 6) is 0.896. The Morgan fingerprint density at radius 1 is 1.22 bits per heavy atom. The summed E-state index contributed by atoms with van der Waals surface area (Å²) in [6.45, 7) is 10.5. The van der Waals surface area contributed by atoms with Crippen molar-refractivity contribution in [2.24, 2.45) is 4.40 Å². The smallest absolute Gasteiger partial charge is 0.152 e. The Morgan fingerprint density at radius 2 is 1.89 bits per heavy atom. The highest BCUT2D eigenvalue weighted by molar-refractivity contribution is 7.99. The Morgan fingerprint density at radius 3 is 2.50 bits per heavy atom. The summed E-state index contributed by atoms with van der Waals surface area (Å²) >= 11 is 1.58. The maximum absolute atomic E-state index is 5.88. The van der Waals surface area contributed by atoms with E-state index in [-0.39, 0.29) is 4.75 Å². The van der Waals surface area contributed by atoms with Gasteiger partial charge in [0.2, 0.25) is 0 Å². The van der Waals surface area contributed by atoms with Gasteiger partial charge in [-0.25, -0.2) is 4.40 Å². The van der Waals surface area contributed by atoms with Gasteiger partial charge in [0, 0.05) is 15.7 Å². The molecule has 0 atom stereocenters. The molecule has 0 spiro atoms. The van der Waals surface area contributed by atoms with Crippen LogP contribution in [0.25, 0.3) is 11.0 Å². The van der Waals surface area contributed by atoms with Crippen LogP contribution in [0.5, 0.6) is 0 Å². The second-order valence-electron chi connectivity index (χ2n) is 5.43. The summed E-state index contributed by atoms with van der Waals surface area (Å²) in [6.07, 6.45) is 0. The van der Waals surface area contributed by atoms with E-state index in [4.69, 9.17) is 4.42 Å². The van der Waals surface area contributed by atoms with E-state index in [0.717, 1.165) is 17.1 Å². The number of fused-ring (bicyclic) bond motifs is 1. The van der Waals surface area contributed by atoms with Crippen molar-refractivity contribution in [3.8, 4) is 0 Å². The number of aryl methyl sites for hydroxylation is 1. The Bertz CT molecular complexity index is 590. The third-order valence-electron chi connectivity index (χ3n) is 2.63. The van der Waals surface area contributed by atoms with Gasteiger partial charge in [0.25, 0.3) is 0 Å². The Labute approximate surface area is 113 Å². The van der Waals surface area contributed by atoms with Crippen molar-refractivity contribution < 1.29 is 4.42 Å².